The smallest absolute Gasteiger partial charge is 0.223 e. The van der Waals surface area contributed by atoms with E-state index in [1.54, 1.807) is 0 Å². The van der Waals surface area contributed by atoms with Gasteiger partial charge in [-0.25, -0.2) is 4.98 Å². The number of carbonyl (C=O) groups excluding carboxylic acids is 1. The number of fused-ring (bicyclic) bond motifs is 1. The Hall–Kier alpha value is -2.82. The minimum atomic E-state index is 0.0926. The van der Waals surface area contributed by atoms with Crippen LogP contribution in [0.2, 0.25) is 0 Å². The molecular weight excluding hydrogens is 374 g/mol. The molecule has 1 heterocycles. The molecule has 2 aromatic carbocycles. The van der Waals surface area contributed by atoms with Crippen LogP contribution in [-0.2, 0) is 17.8 Å². The summed E-state index contributed by atoms with van der Waals surface area (Å²) in [4.78, 5) is 17.1. The van der Waals surface area contributed by atoms with Crippen LogP contribution in [0.3, 0.4) is 0 Å². The van der Waals surface area contributed by atoms with Crippen LogP contribution < -0.4 is 10.1 Å². The van der Waals surface area contributed by atoms with E-state index in [1.165, 1.54) is 5.56 Å². The van der Waals surface area contributed by atoms with Gasteiger partial charge in [0.25, 0.3) is 0 Å². The molecule has 1 aromatic heterocycles. The van der Waals surface area contributed by atoms with E-state index in [0.29, 0.717) is 26.1 Å². The largest absolute Gasteiger partial charge is 0.491 e. The van der Waals surface area contributed by atoms with Crippen molar-refractivity contribution in [2.75, 3.05) is 13.2 Å². The molecule has 0 aliphatic rings. The van der Waals surface area contributed by atoms with Gasteiger partial charge in [-0.05, 0) is 50.5 Å². The van der Waals surface area contributed by atoms with Crippen LogP contribution >= 0.6 is 0 Å². The van der Waals surface area contributed by atoms with Gasteiger partial charge in [-0.15, -0.1) is 0 Å². The van der Waals surface area contributed by atoms with E-state index in [-0.39, 0.29) is 11.8 Å². The summed E-state index contributed by atoms with van der Waals surface area (Å²) < 4.78 is 8.26. The van der Waals surface area contributed by atoms with E-state index < -0.39 is 0 Å². The number of para-hydroxylation sites is 2. The predicted octanol–water partition coefficient (Wildman–Crippen LogP) is 4.83. The van der Waals surface area contributed by atoms with Crippen molar-refractivity contribution < 1.29 is 9.53 Å². The zero-order chi connectivity index (χ0) is 21.5. The standard InChI is InChI=1S/C25H33N3O2/c1-5-20(6-2)25(29)26-14-13-24-27-21-9-7-8-10-22(21)28(24)15-16-30-23-12-11-18(3)17-19(23)4/h7-12,17,20H,5-6,13-16H2,1-4H3,(H,26,29). The number of rotatable bonds is 10. The Kier molecular flexibility index (Phi) is 7.50. The number of aryl methyl sites for hydroxylation is 2. The van der Waals surface area contributed by atoms with Gasteiger partial charge in [-0.1, -0.05) is 43.7 Å². The van der Waals surface area contributed by atoms with E-state index in [4.69, 9.17) is 9.72 Å². The van der Waals surface area contributed by atoms with Crippen LogP contribution in [-0.4, -0.2) is 28.6 Å². The lowest BCUT2D eigenvalue weighted by molar-refractivity contribution is -0.125. The van der Waals surface area contributed by atoms with Crippen molar-refractivity contribution in [1.82, 2.24) is 14.9 Å². The first-order chi connectivity index (χ1) is 14.5. The lowest BCUT2D eigenvalue weighted by atomic mass is 10.0. The van der Waals surface area contributed by atoms with Gasteiger partial charge in [0.15, 0.2) is 0 Å². The van der Waals surface area contributed by atoms with Gasteiger partial charge in [0.05, 0.1) is 17.6 Å². The molecular formula is C25H33N3O2. The van der Waals surface area contributed by atoms with Crippen molar-refractivity contribution >= 4 is 16.9 Å². The number of carbonyl (C=O) groups is 1. The molecule has 5 nitrogen and oxygen atoms in total. The van der Waals surface area contributed by atoms with Crippen molar-refractivity contribution in [3.63, 3.8) is 0 Å². The number of amides is 1. The molecule has 30 heavy (non-hydrogen) atoms. The van der Waals surface area contributed by atoms with Gasteiger partial charge in [-0.2, -0.15) is 0 Å². The Bertz CT molecular complexity index is 989. The van der Waals surface area contributed by atoms with Crippen LogP contribution in [0.25, 0.3) is 11.0 Å². The highest BCUT2D eigenvalue weighted by molar-refractivity contribution is 5.78. The summed E-state index contributed by atoms with van der Waals surface area (Å²) in [6.07, 6.45) is 2.44. The number of benzene rings is 2. The molecule has 3 rings (SSSR count). The molecule has 1 N–H and O–H groups in total. The molecule has 0 atom stereocenters. The van der Waals surface area contributed by atoms with Crippen LogP contribution in [0, 0.1) is 19.8 Å². The molecule has 160 valence electrons. The number of hydrogen-bond donors (Lipinski definition) is 1. The summed E-state index contributed by atoms with van der Waals surface area (Å²) in [7, 11) is 0. The first-order valence-corrected chi connectivity index (χ1v) is 10.9. The number of hydrogen-bond acceptors (Lipinski definition) is 3. The normalized spacial score (nSPS) is 11.2. The lowest BCUT2D eigenvalue weighted by Crippen LogP contribution is -2.32. The quantitative estimate of drug-likeness (QED) is 0.524. The van der Waals surface area contributed by atoms with Crippen LogP contribution in [0.5, 0.6) is 5.75 Å². The first-order valence-electron chi connectivity index (χ1n) is 10.9. The Morgan fingerprint density at radius 2 is 1.90 bits per heavy atom. The van der Waals surface area contributed by atoms with Gasteiger partial charge >= 0.3 is 0 Å². The molecule has 1 amide bonds. The van der Waals surface area contributed by atoms with Gasteiger partial charge in [0.1, 0.15) is 18.2 Å². The second-order valence-electron chi connectivity index (χ2n) is 7.84. The Labute approximate surface area is 179 Å². The summed E-state index contributed by atoms with van der Waals surface area (Å²) in [5.41, 5.74) is 4.46. The monoisotopic (exact) mass is 407 g/mol. The third-order valence-corrected chi connectivity index (χ3v) is 5.64. The maximum atomic E-state index is 12.3. The van der Waals surface area contributed by atoms with E-state index in [9.17, 15) is 4.79 Å². The van der Waals surface area contributed by atoms with Gasteiger partial charge < -0.3 is 14.6 Å². The average Bonchev–Trinajstić information content (AvgIpc) is 3.08. The highest BCUT2D eigenvalue weighted by Crippen LogP contribution is 2.20. The molecule has 0 unspecified atom stereocenters. The number of nitrogens with one attached hydrogen (secondary N) is 1. The van der Waals surface area contributed by atoms with Gasteiger partial charge in [0, 0.05) is 18.9 Å². The molecule has 0 bridgehead atoms. The van der Waals surface area contributed by atoms with Gasteiger partial charge in [-0.3, -0.25) is 4.79 Å². The number of aromatic nitrogens is 2. The number of nitrogens with zero attached hydrogens (tertiary/aromatic N) is 2. The van der Waals surface area contributed by atoms with Crippen molar-refractivity contribution in [3.8, 4) is 5.75 Å². The second-order valence-corrected chi connectivity index (χ2v) is 7.84. The fourth-order valence-electron chi connectivity index (χ4n) is 3.88. The third kappa shape index (κ3) is 5.21. The Morgan fingerprint density at radius 3 is 2.63 bits per heavy atom. The lowest BCUT2D eigenvalue weighted by Gasteiger charge is -2.14. The van der Waals surface area contributed by atoms with Crippen LogP contribution in [0.15, 0.2) is 42.5 Å². The summed E-state index contributed by atoms with van der Waals surface area (Å²) in [5.74, 6) is 2.13. The van der Waals surface area contributed by atoms with Crippen molar-refractivity contribution in [3.05, 3.63) is 59.4 Å². The molecule has 3 aromatic rings. The van der Waals surface area contributed by atoms with Crippen LogP contribution in [0.4, 0.5) is 0 Å². The molecule has 0 saturated heterocycles. The van der Waals surface area contributed by atoms with E-state index in [0.717, 1.165) is 41.0 Å². The molecule has 0 aliphatic carbocycles. The average molecular weight is 408 g/mol. The summed E-state index contributed by atoms with van der Waals surface area (Å²) >= 11 is 0. The fourth-order valence-corrected chi connectivity index (χ4v) is 3.88. The minimum Gasteiger partial charge on any atom is -0.491 e. The second kappa shape index (κ2) is 10.3. The predicted molar refractivity (Wildman–Crippen MR) is 122 cm³/mol. The first kappa shape index (κ1) is 21.9. The fraction of sp³-hybridized carbons (Fsp3) is 0.440. The van der Waals surface area contributed by atoms with E-state index >= 15 is 0 Å². The van der Waals surface area contributed by atoms with Gasteiger partial charge in [0.2, 0.25) is 5.91 Å². The maximum Gasteiger partial charge on any atom is 0.223 e. The zero-order valence-corrected chi connectivity index (χ0v) is 18.6. The molecule has 0 aliphatic heterocycles. The van der Waals surface area contributed by atoms with Crippen LogP contribution in [0.1, 0.15) is 43.6 Å². The summed E-state index contributed by atoms with van der Waals surface area (Å²) in [6, 6.07) is 14.4. The number of ether oxygens (including phenoxy) is 1. The number of imidazole rings is 1. The molecule has 0 saturated carbocycles. The van der Waals surface area contributed by atoms with Crippen molar-refractivity contribution in [1.29, 1.82) is 0 Å². The molecule has 0 fully saturated rings. The molecule has 0 radical (unpaired) electrons. The Morgan fingerprint density at radius 1 is 1.13 bits per heavy atom. The Balaban J connectivity index is 1.67. The molecule has 0 spiro atoms. The highest BCUT2D eigenvalue weighted by Gasteiger charge is 2.15. The van der Waals surface area contributed by atoms with Crippen molar-refractivity contribution in [2.45, 2.75) is 53.5 Å². The topological polar surface area (TPSA) is 56.2 Å². The molecule has 5 heteroatoms. The minimum absolute atomic E-state index is 0.0926. The summed E-state index contributed by atoms with van der Waals surface area (Å²) in [6.45, 7) is 10.1. The maximum absolute atomic E-state index is 12.3. The third-order valence-electron chi connectivity index (χ3n) is 5.64. The zero-order valence-electron chi connectivity index (χ0n) is 18.6. The van der Waals surface area contributed by atoms with Crippen molar-refractivity contribution in [2.24, 2.45) is 5.92 Å². The van der Waals surface area contributed by atoms with E-state index in [2.05, 4.69) is 55.8 Å². The van der Waals surface area contributed by atoms with E-state index in [1.807, 2.05) is 24.3 Å². The highest BCUT2D eigenvalue weighted by atomic mass is 16.5. The summed E-state index contributed by atoms with van der Waals surface area (Å²) in [5, 5.41) is 3.08. The SMILES string of the molecule is CCC(CC)C(=O)NCCc1nc2ccccc2n1CCOc1ccc(C)cc1C.